The fraction of sp³-hybridized carbons (Fsp3) is 0.0714. The molecule has 0 radical (unpaired) electrons. The lowest BCUT2D eigenvalue weighted by Crippen LogP contribution is -2.15. The number of carbonyl (C=O) groups excluding carboxylic acids is 1. The van der Waals surface area contributed by atoms with Gasteiger partial charge in [-0.2, -0.15) is 13.2 Å². The third-order valence-corrected chi connectivity index (χ3v) is 2.92. The molecule has 1 amide bonds. The predicted molar refractivity (Wildman–Crippen MR) is 65.9 cm³/mol. The highest BCUT2D eigenvalue weighted by Gasteiger charge is 2.36. The largest absolute Gasteiger partial charge is 0.454 e. The van der Waals surface area contributed by atoms with Crippen molar-refractivity contribution in [3.8, 4) is 11.5 Å². The first-order valence-electron chi connectivity index (χ1n) is 5.75. The fourth-order valence-corrected chi connectivity index (χ4v) is 2.02. The summed E-state index contributed by atoms with van der Waals surface area (Å²) in [7, 11) is 0. The third kappa shape index (κ3) is 1.99. The van der Waals surface area contributed by atoms with E-state index in [0.29, 0.717) is 0 Å². The van der Waals surface area contributed by atoms with Gasteiger partial charge in [0.15, 0.2) is 5.75 Å². The average molecular weight is 279 g/mol. The van der Waals surface area contributed by atoms with Crippen LogP contribution >= 0.6 is 0 Å². The van der Waals surface area contributed by atoms with Crippen LogP contribution in [-0.2, 0) is 6.18 Å². The van der Waals surface area contributed by atoms with Gasteiger partial charge in [0.25, 0.3) is 5.91 Å². The number of carbonyl (C=O) groups is 1. The first-order chi connectivity index (χ1) is 9.47. The van der Waals surface area contributed by atoms with Gasteiger partial charge in [0.2, 0.25) is 0 Å². The van der Waals surface area contributed by atoms with Crippen molar-refractivity contribution < 1.29 is 22.7 Å². The smallest absolute Gasteiger partial charge is 0.418 e. The Morgan fingerprint density at radius 3 is 2.40 bits per heavy atom. The van der Waals surface area contributed by atoms with Crippen LogP contribution < -0.4 is 10.1 Å². The molecule has 2 aromatic carbocycles. The second-order valence-corrected chi connectivity index (χ2v) is 4.23. The van der Waals surface area contributed by atoms with Gasteiger partial charge in [-0.1, -0.05) is 18.2 Å². The van der Waals surface area contributed by atoms with Crippen LogP contribution in [-0.4, -0.2) is 5.91 Å². The number of benzene rings is 2. The van der Waals surface area contributed by atoms with E-state index in [4.69, 9.17) is 4.74 Å². The summed E-state index contributed by atoms with van der Waals surface area (Å²) in [6.07, 6.45) is -4.57. The molecule has 2 aromatic rings. The van der Waals surface area contributed by atoms with Gasteiger partial charge in [-0.05, 0) is 24.3 Å². The molecular formula is C14H8F3NO2. The molecule has 6 heteroatoms. The standard InChI is InChI=1S/C14H8F3NO2/c15-14(16,17)9-5-3-7-11-12(9)18-13(19)8-4-1-2-6-10(8)20-11/h1-7H,(H,18,19). The van der Waals surface area contributed by atoms with Crippen molar-refractivity contribution in [3.63, 3.8) is 0 Å². The summed E-state index contributed by atoms with van der Waals surface area (Å²) in [5, 5.41) is 2.27. The van der Waals surface area contributed by atoms with Gasteiger partial charge in [-0.15, -0.1) is 0 Å². The van der Waals surface area contributed by atoms with E-state index in [1.54, 1.807) is 12.1 Å². The monoisotopic (exact) mass is 279 g/mol. The highest BCUT2D eigenvalue weighted by Crippen LogP contribution is 2.43. The topological polar surface area (TPSA) is 38.3 Å². The van der Waals surface area contributed by atoms with E-state index in [0.717, 1.165) is 6.07 Å². The molecule has 3 rings (SSSR count). The van der Waals surface area contributed by atoms with E-state index in [9.17, 15) is 18.0 Å². The molecule has 1 heterocycles. The van der Waals surface area contributed by atoms with Crippen molar-refractivity contribution in [2.75, 3.05) is 5.32 Å². The Hall–Kier alpha value is -2.50. The normalized spacial score (nSPS) is 13.7. The van der Waals surface area contributed by atoms with Gasteiger partial charge in [-0.25, -0.2) is 0 Å². The number of amides is 1. The molecule has 20 heavy (non-hydrogen) atoms. The lowest BCUT2D eigenvalue weighted by molar-refractivity contribution is -0.137. The SMILES string of the molecule is O=C1Nc2c(cccc2C(F)(F)F)Oc2ccccc21. The van der Waals surface area contributed by atoms with Gasteiger partial charge in [-0.3, -0.25) is 4.79 Å². The van der Waals surface area contributed by atoms with Crippen molar-refractivity contribution in [2.24, 2.45) is 0 Å². The van der Waals surface area contributed by atoms with Crippen LogP contribution in [0, 0.1) is 0 Å². The molecule has 0 saturated heterocycles. The summed E-state index contributed by atoms with van der Waals surface area (Å²) < 4.78 is 44.3. The van der Waals surface area contributed by atoms with E-state index in [1.807, 2.05) is 0 Å². The molecule has 0 aromatic heterocycles. The number of halogens is 3. The number of hydrogen-bond acceptors (Lipinski definition) is 2. The molecular weight excluding hydrogens is 271 g/mol. The highest BCUT2D eigenvalue weighted by atomic mass is 19.4. The van der Waals surface area contributed by atoms with Crippen LogP contribution in [0.4, 0.5) is 18.9 Å². The molecule has 0 fully saturated rings. The zero-order valence-corrected chi connectivity index (χ0v) is 9.99. The van der Waals surface area contributed by atoms with Gasteiger partial charge in [0, 0.05) is 0 Å². The first kappa shape index (κ1) is 12.5. The summed E-state index contributed by atoms with van der Waals surface area (Å²) in [6.45, 7) is 0. The molecule has 0 aliphatic carbocycles. The number of anilines is 1. The van der Waals surface area contributed by atoms with Crippen LogP contribution in [0.1, 0.15) is 15.9 Å². The zero-order chi connectivity index (χ0) is 14.3. The number of nitrogens with one attached hydrogen (secondary N) is 1. The second-order valence-electron chi connectivity index (χ2n) is 4.23. The molecule has 3 nitrogen and oxygen atoms in total. The maximum Gasteiger partial charge on any atom is 0.418 e. The van der Waals surface area contributed by atoms with Gasteiger partial charge >= 0.3 is 6.18 Å². The minimum atomic E-state index is -4.57. The molecule has 1 N–H and O–H groups in total. The van der Waals surface area contributed by atoms with Crippen LogP contribution in [0.15, 0.2) is 42.5 Å². The van der Waals surface area contributed by atoms with Crippen LogP contribution in [0.2, 0.25) is 0 Å². The minimum absolute atomic E-state index is 0.0295. The summed E-state index contributed by atoms with van der Waals surface area (Å²) in [6, 6.07) is 9.80. The highest BCUT2D eigenvalue weighted by molar-refractivity contribution is 6.08. The fourth-order valence-electron chi connectivity index (χ4n) is 2.02. The summed E-state index contributed by atoms with van der Waals surface area (Å²) in [5.41, 5.74) is -1.10. The number of ether oxygens (including phenoxy) is 1. The van der Waals surface area contributed by atoms with E-state index in [-0.39, 0.29) is 22.7 Å². The lowest BCUT2D eigenvalue weighted by Gasteiger charge is -2.14. The molecule has 0 saturated carbocycles. The molecule has 102 valence electrons. The van der Waals surface area contributed by atoms with E-state index >= 15 is 0 Å². The summed E-state index contributed by atoms with van der Waals surface area (Å²) >= 11 is 0. The van der Waals surface area contributed by atoms with E-state index in [1.165, 1.54) is 24.3 Å². The second kappa shape index (κ2) is 4.26. The Kier molecular flexibility index (Phi) is 2.67. The van der Waals surface area contributed by atoms with Crippen LogP contribution in [0.5, 0.6) is 11.5 Å². The van der Waals surface area contributed by atoms with E-state index in [2.05, 4.69) is 5.32 Å². The first-order valence-corrected chi connectivity index (χ1v) is 5.75. The maximum atomic E-state index is 13.0. The molecule has 0 atom stereocenters. The van der Waals surface area contributed by atoms with Crippen molar-refractivity contribution in [1.82, 2.24) is 0 Å². The predicted octanol–water partition coefficient (Wildman–Crippen LogP) is 4.06. The van der Waals surface area contributed by atoms with Gasteiger partial charge < -0.3 is 10.1 Å². The van der Waals surface area contributed by atoms with Gasteiger partial charge in [0.05, 0.1) is 16.8 Å². The Bertz CT molecular complexity index is 695. The van der Waals surface area contributed by atoms with E-state index < -0.39 is 17.6 Å². The number of hydrogen-bond donors (Lipinski definition) is 1. The van der Waals surface area contributed by atoms with Crippen LogP contribution in [0.25, 0.3) is 0 Å². The third-order valence-electron chi connectivity index (χ3n) is 2.92. The Labute approximate surface area is 112 Å². The molecule has 0 spiro atoms. The van der Waals surface area contributed by atoms with Crippen molar-refractivity contribution in [3.05, 3.63) is 53.6 Å². The minimum Gasteiger partial charge on any atom is -0.454 e. The summed E-state index contributed by atoms with van der Waals surface area (Å²) in [5.74, 6) is -0.433. The Morgan fingerprint density at radius 1 is 0.950 bits per heavy atom. The molecule has 1 aliphatic heterocycles. The van der Waals surface area contributed by atoms with Crippen LogP contribution in [0.3, 0.4) is 0 Å². The van der Waals surface area contributed by atoms with Crippen molar-refractivity contribution >= 4 is 11.6 Å². The number of rotatable bonds is 0. The molecule has 0 bridgehead atoms. The van der Waals surface area contributed by atoms with Crippen molar-refractivity contribution in [2.45, 2.75) is 6.18 Å². The zero-order valence-electron chi connectivity index (χ0n) is 9.99. The van der Waals surface area contributed by atoms with Crippen molar-refractivity contribution in [1.29, 1.82) is 0 Å². The number of para-hydroxylation sites is 2. The maximum absolute atomic E-state index is 13.0. The molecule has 1 aliphatic rings. The molecule has 0 unspecified atom stereocenters. The van der Waals surface area contributed by atoms with Gasteiger partial charge in [0.1, 0.15) is 5.75 Å². The Balaban J connectivity index is 2.19. The lowest BCUT2D eigenvalue weighted by atomic mass is 10.1. The quantitative estimate of drug-likeness (QED) is 0.789. The Morgan fingerprint density at radius 2 is 1.65 bits per heavy atom. The number of fused-ring (bicyclic) bond motifs is 2. The number of alkyl halides is 3. The summed E-state index contributed by atoms with van der Waals surface area (Å²) in [4.78, 5) is 12.0. The average Bonchev–Trinajstić information content (AvgIpc) is 2.53.